The predicted molar refractivity (Wildman–Crippen MR) is 63.0 cm³/mol. The Kier molecular flexibility index (Phi) is 4.56. The van der Waals surface area contributed by atoms with Crippen LogP contribution in [0, 0.1) is 0 Å². The fourth-order valence-corrected chi connectivity index (χ4v) is 1.55. The molecule has 1 aromatic carbocycles. The van der Waals surface area contributed by atoms with Gasteiger partial charge in [-0.2, -0.15) is 0 Å². The molecule has 0 fully saturated rings. The van der Waals surface area contributed by atoms with E-state index in [9.17, 15) is 4.79 Å². The number of methoxy groups -OCH3 is 2. The third-order valence-corrected chi connectivity index (χ3v) is 2.72. The standard InChI is InChI=1S/C10H11Cl2NO3/c1-15-10(16-2)9(14)5-3-6(11)7(12)4-8(5)13/h3-4,10H,13H2,1-2H3. The van der Waals surface area contributed by atoms with Crippen LogP contribution in [0.2, 0.25) is 10.0 Å². The van der Waals surface area contributed by atoms with Gasteiger partial charge in [0.25, 0.3) is 0 Å². The SMILES string of the molecule is COC(OC)C(=O)c1cc(Cl)c(Cl)cc1N. The predicted octanol–water partition coefficient (Wildman–Crippen LogP) is 2.38. The van der Waals surface area contributed by atoms with Gasteiger partial charge in [0.2, 0.25) is 12.1 Å². The molecule has 6 heteroatoms. The summed E-state index contributed by atoms with van der Waals surface area (Å²) >= 11 is 11.6. The number of halogens is 2. The van der Waals surface area contributed by atoms with Gasteiger partial charge in [0.1, 0.15) is 0 Å². The first-order valence-corrected chi connectivity index (χ1v) is 5.11. The minimum Gasteiger partial charge on any atom is -0.398 e. The van der Waals surface area contributed by atoms with Crippen molar-refractivity contribution in [2.24, 2.45) is 0 Å². The fraction of sp³-hybridized carbons (Fsp3) is 0.300. The van der Waals surface area contributed by atoms with Crippen molar-refractivity contribution in [3.8, 4) is 0 Å². The molecule has 2 N–H and O–H groups in total. The minimum absolute atomic E-state index is 0.225. The highest BCUT2D eigenvalue weighted by Crippen LogP contribution is 2.28. The average molecular weight is 264 g/mol. The summed E-state index contributed by atoms with van der Waals surface area (Å²) in [5.74, 6) is -0.402. The van der Waals surface area contributed by atoms with Crippen molar-refractivity contribution in [2.45, 2.75) is 6.29 Å². The number of benzene rings is 1. The molecule has 0 saturated heterocycles. The number of carbonyl (C=O) groups is 1. The van der Waals surface area contributed by atoms with Gasteiger partial charge in [-0.1, -0.05) is 23.2 Å². The molecule has 0 radical (unpaired) electrons. The second-order valence-electron chi connectivity index (χ2n) is 3.02. The van der Waals surface area contributed by atoms with Gasteiger partial charge in [0, 0.05) is 25.5 Å². The van der Waals surface area contributed by atoms with Gasteiger partial charge in [-0.05, 0) is 12.1 Å². The Bertz CT molecular complexity index is 405. The van der Waals surface area contributed by atoms with E-state index in [1.807, 2.05) is 0 Å². The Balaban J connectivity index is 3.13. The van der Waals surface area contributed by atoms with Gasteiger partial charge >= 0.3 is 0 Å². The number of nitrogens with two attached hydrogens (primary N) is 1. The van der Waals surface area contributed by atoms with Crippen molar-refractivity contribution >= 4 is 34.7 Å². The Morgan fingerprint density at radius 1 is 1.25 bits per heavy atom. The van der Waals surface area contributed by atoms with Crippen LogP contribution in [-0.2, 0) is 9.47 Å². The zero-order chi connectivity index (χ0) is 12.3. The number of Topliss-reactive ketones (excluding diaryl/α,β-unsaturated/α-hetero) is 1. The largest absolute Gasteiger partial charge is 0.398 e. The summed E-state index contributed by atoms with van der Waals surface area (Å²) in [7, 11) is 2.72. The number of ether oxygens (including phenoxy) is 2. The first-order valence-electron chi connectivity index (χ1n) is 4.35. The van der Waals surface area contributed by atoms with Crippen LogP contribution in [0.3, 0.4) is 0 Å². The van der Waals surface area contributed by atoms with Gasteiger partial charge in [-0.25, -0.2) is 0 Å². The van der Waals surface area contributed by atoms with Crippen LogP contribution in [-0.4, -0.2) is 26.3 Å². The Labute approximate surface area is 103 Å². The summed E-state index contributed by atoms with van der Waals surface area (Å²) in [5.41, 5.74) is 6.12. The molecule has 0 aliphatic carbocycles. The summed E-state index contributed by atoms with van der Waals surface area (Å²) < 4.78 is 9.67. The van der Waals surface area contributed by atoms with Crippen molar-refractivity contribution < 1.29 is 14.3 Å². The summed E-state index contributed by atoms with van der Waals surface area (Å²) in [6, 6.07) is 2.81. The highest BCUT2D eigenvalue weighted by atomic mass is 35.5. The molecule has 0 amide bonds. The summed E-state index contributed by atoms with van der Waals surface area (Å²) in [4.78, 5) is 11.9. The molecular weight excluding hydrogens is 253 g/mol. The number of rotatable bonds is 4. The average Bonchev–Trinajstić information content (AvgIpc) is 2.25. The molecule has 0 saturated carbocycles. The van der Waals surface area contributed by atoms with Gasteiger partial charge < -0.3 is 15.2 Å². The zero-order valence-electron chi connectivity index (χ0n) is 8.79. The zero-order valence-corrected chi connectivity index (χ0v) is 10.3. The maximum atomic E-state index is 11.9. The first kappa shape index (κ1) is 13.3. The second kappa shape index (κ2) is 5.50. The number of hydrogen-bond donors (Lipinski definition) is 1. The van der Waals surface area contributed by atoms with E-state index in [0.717, 1.165) is 0 Å². The molecule has 4 nitrogen and oxygen atoms in total. The number of carbonyl (C=O) groups excluding carboxylic acids is 1. The van der Waals surface area contributed by atoms with E-state index in [4.69, 9.17) is 38.4 Å². The van der Waals surface area contributed by atoms with Gasteiger partial charge in [-0.15, -0.1) is 0 Å². The van der Waals surface area contributed by atoms with Crippen LogP contribution >= 0.6 is 23.2 Å². The van der Waals surface area contributed by atoms with E-state index in [-0.39, 0.29) is 16.3 Å². The van der Waals surface area contributed by atoms with Crippen LogP contribution in [0.5, 0.6) is 0 Å². The van der Waals surface area contributed by atoms with Crippen molar-refractivity contribution in [3.63, 3.8) is 0 Å². The number of hydrogen-bond acceptors (Lipinski definition) is 4. The molecule has 0 aliphatic rings. The third kappa shape index (κ3) is 2.65. The molecule has 0 aromatic heterocycles. The van der Waals surface area contributed by atoms with Crippen molar-refractivity contribution in [3.05, 3.63) is 27.7 Å². The van der Waals surface area contributed by atoms with E-state index in [1.165, 1.54) is 26.4 Å². The van der Waals surface area contributed by atoms with Gasteiger partial charge in [0.05, 0.1) is 10.0 Å². The smallest absolute Gasteiger partial charge is 0.222 e. The van der Waals surface area contributed by atoms with Crippen LogP contribution < -0.4 is 5.73 Å². The lowest BCUT2D eigenvalue weighted by atomic mass is 10.1. The van der Waals surface area contributed by atoms with E-state index < -0.39 is 12.1 Å². The molecular formula is C10H11Cl2NO3. The second-order valence-corrected chi connectivity index (χ2v) is 3.84. The molecule has 0 atom stereocenters. The molecule has 0 spiro atoms. The van der Waals surface area contributed by atoms with Gasteiger partial charge in [0.15, 0.2) is 0 Å². The topological polar surface area (TPSA) is 61.5 Å². The molecule has 1 rings (SSSR count). The van der Waals surface area contributed by atoms with E-state index in [2.05, 4.69) is 0 Å². The molecule has 16 heavy (non-hydrogen) atoms. The summed E-state index contributed by atoms with van der Waals surface area (Å²) in [5, 5.41) is 0.548. The molecule has 88 valence electrons. The molecule has 1 aromatic rings. The van der Waals surface area contributed by atoms with E-state index in [1.54, 1.807) is 0 Å². The highest BCUT2D eigenvalue weighted by Gasteiger charge is 2.22. The summed E-state index contributed by atoms with van der Waals surface area (Å²) in [6.07, 6.45) is -1.00. The third-order valence-electron chi connectivity index (χ3n) is 2.00. The fourth-order valence-electron chi connectivity index (χ4n) is 1.21. The lowest BCUT2D eigenvalue weighted by molar-refractivity contribution is -0.0741. The van der Waals surface area contributed by atoms with Crippen LogP contribution in [0.25, 0.3) is 0 Å². The van der Waals surface area contributed by atoms with Crippen LogP contribution in [0.15, 0.2) is 12.1 Å². The Morgan fingerprint density at radius 3 is 2.25 bits per heavy atom. The minimum atomic E-state index is -1.00. The number of anilines is 1. The molecule has 0 bridgehead atoms. The van der Waals surface area contributed by atoms with E-state index >= 15 is 0 Å². The highest BCUT2D eigenvalue weighted by molar-refractivity contribution is 6.42. The van der Waals surface area contributed by atoms with E-state index in [0.29, 0.717) is 5.02 Å². The van der Waals surface area contributed by atoms with Crippen molar-refractivity contribution in [2.75, 3.05) is 20.0 Å². The lowest BCUT2D eigenvalue weighted by Gasteiger charge is -2.13. The lowest BCUT2D eigenvalue weighted by Crippen LogP contribution is -2.25. The maximum Gasteiger partial charge on any atom is 0.222 e. The Morgan fingerprint density at radius 2 is 1.75 bits per heavy atom. The van der Waals surface area contributed by atoms with Crippen molar-refractivity contribution in [1.29, 1.82) is 0 Å². The number of nitrogen functional groups attached to an aromatic ring is 1. The summed E-state index contributed by atoms with van der Waals surface area (Å²) in [6.45, 7) is 0. The number of ketones is 1. The maximum absolute atomic E-state index is 11.9. The quantitative estimate of drug-likeness (QED) is 0.515. The monoisotopic (exact) mass is 263 g/mol. The van der Waals surface area contributed by atoms with Crippen LogP contribution in [0.4, 0.5) is 5.69 Å². The molecule has 0 aliphatic heterocycles. The normalized spacial score (nSPS) is 10.8. The van der Waals surface area contributed by atoms with Gasteiger partial charge in [-0.3, -0.25) is 4.79 Å². The molecule has 0 unspecified atom stereocenters. The Hall–Kier alpha value is -0.810. The van der Waals surface area contributed by atoms with Crippen LogP contribution in [0.1, 0.15) is 10.4 Å². The van der Waals surface area contributed by atoms with Crippen molar-refractivity contribution in [1.82, 2.24) is 0 Å². The first-order chi connectivity index (χ1) is 7.51. The molecule has 0 heterocycles.